The Bertz CT molecular complexity index is 1360. The van der Waals surface area contributed by atoms with Crippen molar-refractivity contribution in [3.05, 3.63) is 71.3 Å². The molecule has 4 aromatic heterocycles. The molecule has 5 aromatic rings. The van der Waals surface area contributed by atoms with Crippen LogP contribution < -0.4 is 0 Å². The highest BCUT2D eigenvalue weighted by molar-refractivity contribution is 5.95. The first kappa shape index (κ1) is 16.6. The molecule has 0 unspecified atom stereocenters. The molecule has 5 rings (SSSR count). The molecule has 28 heavy (non-hydrogen) atoms. The Balaban J connectivity index is 1.82. The minimum atomic E-state index is 0.705. The normalized spacial score (nSPS) is 11.6. The number of aromatic nitrogens is 6. The van der Waals surface area contributed by atoms with Crippen molar-refractivity contribution in [2.45, 2.75) is 27.7 Å². The third-order valence-electron chi connectivity index (χ3n) is 5.30. The van der Waals surface area contributed by atoms with Gasteiger partial charge in [-0.2, -0.15) is 0 Å². The smallest absolute Gasteiger partial charge is 0.182 e. The molecule has 138 valence electrons. The average Bonchev–Trinajstić information content (AvgIpc) is 3.22. The van der Waals surface area contributed by atoms with Gasteiger partial charge in [0.1, 0.15) is 12.1 Å². The van der Waals surface area contributed by atoms with Crippen LogP contribution in [0, 0.1) is 27.7 Å². The Morgan fingerprint density at radius 2 is 1.75 bits per heavy atom. The molecule has 0 saturated heterocycles. The number of rotatable bonds is 2. The molecule has 0 aliphatic carbocycles. The van der Waals surface area contributed by atoms with Crippen molar-refractivity contribution in [3.8, 4) is 17.2 Å². The lowest BCUT2D eigenvalue weighted by Gasteiger charge is -2.09. The molecule has 6 heteroatoms. The molecule has 0 amide bonds. The van der Waals surface area contributed by atoms with E-state index in [4.69, 9.17) is 9.97 Å². The van der Waals surface area contributed by atoms with E-state index in [2.05, 4.69) is 60.5 Å². The van der Waals surface area contributed by atoms with Gasteiger partial charge in [-0.25, -0.2) is 19.5 Å². The van der Waals surface area contributed by atoms with Gasteiger partial charge in [-0.15, -0.1) is 5.10 Å². The Kier molecular flexibility index (Phi) is 3.55. The molecule has 0 N–H and O–H groups in total. The van der Waals surface area contributed by atoms with E-state index in [-0.39, 0.29) is 0 Å². The number of hydrogen-bond acceptors (Lipinski definition) is 4. The molecular weight excluding hydrogens is 348 g/mol. The maximum atomic E-state index is 4.86. The van der Waals surface area contributed by atoms with E-state index < -0.39 is 0 Å². The number of hydrogen-bond donors (Lipinski definition) is 0. The number of nitrogens with zero attached hydrogens (tertiary/aromatic N) is 6. The van der Waals surface area contributed by atoms with Crippen molar-refractivity contribution < 1.29 is 0 Å². The minimum absolute atomic E-state index is 0.705. The zero-order valence-electron chi connectivity index (χ0n) is 16.3. The number of pyridine rings is 1. The van der Waals surface area contributed by atoms with Gasteiger partial charge in [0, 0.05) is 17.5 Å². The van der Waals surface area contributed by atoms with Gasteiger partial charge in [0.05, 0.1) is 5.39 Å². The van der Waals surface area contributed by atoms with Gasteiger partial charge in [-0.05, 0) is 51.0 Å². The van der Waals surface area contributed by atoms with Crippen LogP contribution in [0.25, 0.3) is 33.9 Å². The van der Waals surface area contributed by atoms with Gasteiger partial charge in [0.2, 0.25) is 0 Å². The summed E-state index contributed by atoms with van der Waals surface area (Å²) in [6.07, 6.45) is 3.55. The lowest BCUT2D eigenvalue weighted by atomic mass is 10.1. The van der Waals surface area contributed by atoms with Crippen molar-refractivity contribution in [2.75, 3.05) is 0 Å². The summed E-state index contributed by atoms with van der Waals surface area (Å²) in [7, 11) is 0. The Labute approximate surface area is 162 Å². The van der Waals surface area contributed by atoms with Crippen LogP contribution in [0.4, 0.5) is 0 Å². The predicted octanol–water partition coefficient (Wildman–Crippen LogP) is 4.36. The summed E-state index contributed by atoms with van der Waals surface area (Å²) in [6.45, 7) is 8.34. The topological polar surface area (TPSA) is 60.9 Å². The molecule has 0 fully saturated rings. The van der Waals surface area contributed by atoms with Crippen LogP contribution in [-0.2, 0) is 0 Å². The third kappa shape index (κ3) is 2.34. The van der Waals surface area contributed by atoms with Gasteiger partial charge in [-0.1, -0.05) is 29.8 Å². The van der Waals surface area contributed by atoms with Crippen LogP contribution in [0.5, 0.6) is 0 Å². The Morgan fingerprint density at radius 1 is 0.893 bits per heavy atom. The molecule has 1 aromatic carbocycles. The summed E-state index contributed by atoms with van der Waals surface area (Å²) < 4.78 is 3.88. The van der Waals surface area contributed by atoms with Gasteiger partial charge < -0.3 is 0 Å². The number of aryl methyl sites for hydroxylation is 3. The molecule has 0 aliphatic heterocycles. The summed E-state index contributed by atoms with van der Waals surface area (Å²) in [6, 6.07) is 12.2. The van der Waals surface area contributed by atoms with E-state index >= 15 is 0 Å². The summed E-state index contributed by atoms with van der Waals surface area (Å²) >= 11 is 0. The van der Waals surface area contributed by atoms with Gasteiger partial charge in [0.25, 0.3) is 0 Å². The second-order valence-corrected chi connectivity index (χ2v) is 7.21. The lowest BCUT2D eigenvalue weighted by molar-refractivity contribution is 0.915. The second kappa shape index (κ2) is 5.99. The molecule has 0 bridgehead atoms. The fraction of sp³-hybridized carbons (Fsp3) is 0.182. The van der Waals surface area contributed by atoms with Crippen LogP contribution in [0.3, 0.4) is 0 Å². The maximum absolute atomic E-state index is 4.86. The fourth-order valence-electron chi connectivity index (χ4n) is 3.74. The highest BCUT2D eigenvalue weighted by Gasteiger charge is 2.20. The Hall–Kier alpha value is -3.54. The molecule has 0 saturated carbocycles. The van der Waals surface area contributed by atoms with Crippen LogP contribution in [0.1, 0.15) is 22.4 Å². The molecule has 0 radical (unpaired) electrons. The monoisotopic (exact) mass is 368 g/mol. The number of benzene rings is 1. The summed E-state index contributed by atoms with van der Waals surface area (Å²) in [4.78, 5) is 14.2. The first-order chi connectivity index (χ1) is 13.5. The zero-order valence-corrected chi connectivity index (χ0v) is 16.3. The standard InChI is InChI=1S/C22H20N6/c1-13-7-5-9-17(11-13)19-25-22-18-15(3)16(4)28(20-14(2)8-6-10-23-20)21(18)24-12-27(22)26-19/h5-12H,1-4H3. The zero-order chi connectivity index (χ0) is 19.4. The first-order valence-electron chi connectivity index (χ1n) is 9.26. The molecule has 0 spiro atoms. The van der Waals surface area contributed by atoms with E-state index in [0.29, 0.717) is 5.82 Å². The predicted molar refractivity (Wildman–Crippen MR) is 110 cm³/mol. The first-order valence-corrected chi connectivity index (χ1v) is 9.26. The van der Waals surface area contributed by atoms with Gasteiger partial charge >= 0.3 is 0 Å². The van der Waals surface area contributed by atoms with Crippen LogP contribution >= 0.6 is 0 Å². The summed E-state index contributed by atoms with van der Waals surface area (Å²) in [5.41, 5.74) is 7.21. The highest BCUT2D eigenvalue weighted by Crippen LogP contribution is 2.30. The van der Waals surface area contributed by atoms with Crippen molar-refractivity contribution in [2.24, 2.45) is 0 Å². The maximum Gasteiger partial charge on any atom is 0.182 e. The number of fused-ring (bicyclic) bond motifs is 3. The van der Waals surface area contributed by atoms with Crippen molar-refractivity contribution in [1.29, 1.82) is 0 Å². The van der Waals surface area contributed by atoms with Crippen molar-refractivity contribution in [1.82, 2.24) is 29.1 Å². The van der Waals surface area contributed by atoms with Crippen molar-refractivity contribution in [3.63, 3.8) is 0 Å². The van der Waals surface area contributed by atoms with Gasteiger partial charge in [0.15, 0.2) is 17.1 Å². The highest BCUT2D eigenvalue weighted by atomic mass is 15.3. The van der Waals surface area contributed by atoms with Crippen molar-refractivity contribution >= 4 is 16.7 Å². The Morgan fingerprint density at radius 3 is 2.54 bits per heavy atom. The fourth-order valence-corrected chi connectivity index (χ4v) is 3.74. The van der Waals surface area contributed by atoms with Crippen LogP contribution in [0.15, 0.2) is 48.9 Å². The largest absolute Gasteiger partial charge is 0.282 e. The van der Waals surface area contributed by atoms with Crippen LogP contribution in [0.2, 0.25) is 0 Å². The average molecular weight is 368 g/mol. The minimum Gasteiger partial charge on any atom is -0.282 e. The molecule has 0 aliphatic rings. The third-order valence-corrected chi connectivity index (χ3v) is 5.30. The second-order valence-electron chi connectivity index (χ2n) is 7.21. The van der Waals surface area contributed by atoms with E-state index in [1.807, 2.05) is 24.4 Å². The van der Waals surface area contributed by atoms with Crippen LogP contribution in [-0.4, -0.2) is 29.1 Å². The van der Waals surface area contributed by atoms with E-state index in [9.17, 15) is 0 Å². The summed E-state index contributed by atoms with van der Waals surface area (Å²) in [5, 5.41) is 5.67. The van der Waals surface area contributed by atoms with E-state index in [1.165, 1.54) is 5.56 Å². The SMILES string of the molecule is Cc1cccc(-c2nc3c4c(C)c(C)n(-c5ncccc5C)c4ncn3n2)c1. The molecule has 6 nitrogen and oxygen atoms in total. The lowest BCUT2D eigenvalue weighted by Crippen LogP contribution is -2.03. The van der Waals surface area contributed by atoms with Gasteiger partial charge in [-0.3, -0.25) is 4.57 Å². The molecule has 0 atom stereocenters. The molecule has 4 heterocycles. The van der Waals surface area contributed by atoms with E-state index in [0.717, 1.165) is 44.9 Å². The quantitative estimate of drug-likeness (QED) is 0.464. The molecular formula is C22H20N6. The van der Waals surface area contributed by atoms with E-state index in [1.54, 1.807) is 10.8 Å². The summed E-state index contributed by atoms with van der Waals surface area (Å²) in [5.74, 6) is 1.60.